The molecule has 2 heterocycles. The first kappa shape index (κ1) is 17.5. The molecule has 140 valence electrons. The minimum atomic E-state index is -1.97. The molecular formula is C20H25FN2O3. The molecule has 1 aromatic rings. The van der Waals surface area contributed by atoms with Gasteiger partial charge in [-0.15, -0.1) is 0 Å². The van der Waals surface area contributed by atoms with E-state index in [-0.39, 0.29) is 18.9 Å². The molecule has 6 heteroatoms. The zero-order chi connectivity index (χ0) is 18.2. The predicted octanol–water partition coefficient (Wildman–Crippen LogP) is 1.91. The van der Waals surface area contributed by atoms with Crippen molar-refractivity contribution >= 4 is 11.8 Å². The molecule has 0 aromatic heterocycles. The van der Waals surface area contributed by atoms with E-state index < -0.39 is 17.0 Å². The van der Waals surface area contributed by atoms with Crippen LogP contribution in [0.5, 0.6) is 0 Å². The first-order valence-corrected chi connectivity index (χ1v) is 9.46. The second kappa shape index (κ2) is 6.65. The topological polar surface area (TPSA) is 49.9 Å². The molecule has 0 radical (unpaired) electrons. The van der Waals surface area contributed by atoms with Gasteiger partial charge in [-0.3, -0.25) is 9.59 Å². The van der Waals surface area contributed by atoms with Crippen LogP contribution in [0.15, 0.2) is 30.3 Å². The molecule has 4 rings (SSSR count). The first-order valence-electron chi connectivity index (χ1n) is 9.46. The number of hydrogen-bond donors (Lipinski definition) is 0. The van der Waals surface area contributed by atoms with E-state index >= 15 is 4.39 Å². The van der Waals surface area contributed by atoms with Crippen LogP contribution >= 0.6 is 0 Å². The second-order valence-electron chi connectivity index (χ2n) is 7.65. The van der Waals surface area contributed by atoms with Crippen molar-refractivity contribution in [3.8, 4) is 0 Å². The van der Waals surface area contributed by atoms with Crippen LogP contribution < -0.4 is 0 Å². The van der Waals surface area contributed by atoms with E-state index in [4.69, 9.17) is 4.74 Å². The van der Waals surface area contributed by atoms with E-state index in [1.54, 1.807) is 9.80 Å². The lowest BCUT2D eigenvalue weighted by Crippen LogP contribution is -2.59. The summed E-state index contributed by atoms with van der Waals surface area (Å²) in [7, 11) is 0. The zero-order valence-electron chi connectivity index (χ0n) is 15.0. The minimum absolute atomic E-state index is 0.0276. The van der Waals surface area contributed by atoms with E-state index in [1.165, 1.54) is 0 Å². The molecule has 0 bridgehead atoms. The molecule has 2 aliphatic heterocycles. The number of halogens is 1. The fourth-order valence-electron chi connectivity index (χ4n) is 4.22. The fourth-order valence-corrected chi connectivity index (χ4v) is 4.22. The number of morpholine rings is 1. The quantitative estimate of drug-likeness (QED) is 0.827. The van der Waals surface area contributed by atoms with Gasteiger partial charge in [-0.2, -0.15) is 0 Å². The van der Waals surface area contributed by atoms with E-state index in [0.29, 0.717) is 39.3 Å². The van der Waals surface area contributed by atoms with Crippen LogP contribution in [-0.4, -0.2) is 66.7 Å². The molecule has 1 atom stereocenters. The average molecular weight is 360 g/mol. The lowest BCUT2D eigenvalue weighted by atomic mass is 9.89. The second-order valence-corrected chi connectivity index (χ2v) is 7.65. The monoisotopic (exact) mass is 360 g/mol. The Labute approximate surface area is 153 Å². The van der Waals surface area contributed by atoms with Gasteiger partial charge in [0.2, 0.25) is 11.6 Å². The van der Waals surface area contributed by atoms with Gasteiger partial charge in [0.15, 0.2) is 0 Å². The third-order valence-corrected chi connectivity index (χ3v) is 5.90. The smallest absolute Gasteiger partial charge is 0.262 e. The predicted molar refractivity (Wildman–Crippen MR) is 94.4 cm³/mol. The molecule has 0 N–H and O–H groups in total. The Hall–Kier alpha value is -1.95. The molecule has 3 aliphatic rings. The van der Waals surface area contributed by atoms with Crippen LogP contribution in [0.1, 0.15) is 31.2 Å². The highest BCUT2D eigenvalue weighted by Crippen LogP contribution is 2.50. The van der Waals surface area contributed by atoms with Crippen molar-refractivity contribution in [2.24, 2.45) is 0 Å². The van der Waals surface area contributed by atoms with Crippen LogP contribution in [0.25, 0.3) is 0 Å². The normalized spacial score (nSPS) is 27.9. The van der Waals surface area contributed by atoms with Gasteiger partial charge in [0.1, 0.15) is 0 Å². The highest BCUT2D eigenvalue weighted by molar-refractivity contribution is 5.93. The number of benzene rings is 1. The van der Waals surface area contributed by atoms with Crippen LogP contribution in [0.3, 0.4) is 0 Å². The molecule has 2 amide bonds. The van der Waals surface area contributed by atoms with Crippen molar-refractivity contribution in [1.82, 2.24) is 9.80 Å². The van der Waals surface area contributed by atoms with Crippen LogP contribution in [0.4, 0.5) is 4.39 Å². The third kappa shape index (κ3) is 3.00. The number of piperidine rings is 1. The van der Waals surface area contributed by atoms with Crippen molar-refractivity contribution in [3.63, 3.8) is 0 Å². The van der Waals surface area contributed by atoms with Crippen molar-refractivity contribution in [2.45, 2.75) is 36.8 Å². The maximum absolute atomic E-state index is 15.5. The minimum Gasteiger partial charge on any atom is -0.378 e. The Morgan fingerprint density at radius 1 is 0.923 bits per heavy atom. The third-order valence-electron chi connectivity index (χ3n) is 5.90. The molecule has 3 fully saturated rings. The SMILES string of the molecule is O=C(N1CCOCC1)C1(F)CCCN(C(=O)C2(c3ccccc3)CC2)C1. The molecule has 0 spiro atoms. The van der Waals surface area contributed by atoms with E-state index in [1.807, 2.05) is 30.3 Å². The summed E-state index contributed by atoms with van der Waals surface area (Å²) in [5, 5.41) is 0. The van der Waals surface area contributed by atoms with Crippen molar-refractivity contribution < 1.29 is 18.7 Å². The van der Waals surface area contributed by atoms with Gasteiger partial charge < -0.3 is 14.5 Å². The van der Waals surface area contributed by atoms with Gasteiger partial charge in [0, 0.05) is 19.6 Å². The lowest BCUT2D eigenvalue weighted by Gasteiger charge is -2.41. The summed E-state index contributed by atoms with van der Waals surface area (Å²) < 4.78 is 20.8. The Balaban J connectivity index is 1.50. The number of nitrogens with zero attached hydrogens (tertiary/aromatic N) is 2. The highest BCUT2D eigenvalue weighted by atomic mass is 19.1. The van der Waals surface area contributed by atoms with Crippen LogP contribution in [0, 0.1) is 0 Å². The number of amides is 2. The summed E-state index contributed by atoms with van der Waals surface area (Å²) in [6.07, 6.45) is 2.29. The van der Waals surface area contributed by atoms with Crippen molar-refractivity contribution in [1.29, 1.82) is 0 Å². The van der Waals surface area contributed by atoms with Gasteiger partial charge in [-0.05, 0) is 31.2 Å². The van der Waals surface area contributed by atoms with Gasteiger partial charge in [0.25, 0.3) is 5.91 Å². The Kier molecular flexibility index (Phi) is 4.47. The maximum Gasteiger partial charge on any atom is 0.262 e. The zero-order valence-corrected chi connectivity index (χ0v) is 15.0. The number of ether oxygens (including phenoxy) is 1. The number of rotatable bonds is 3. The van der Waals surface area contributed by atoms with Gasteiger partial charge >= 0.3 is 0 Å². The molecule has 26 heavy (non-hydrogen) atoms. The molecule has 5 nitrogen and oxygen atoms in total. The summed E-state index contributed by atoms with van der Waals surface area (Å²) in [6.45, 7) is 2.13. The molecule has 1 unspecified atom stereocenters. The van der Waals surface area contributed by atoms with Crippen LogP contribution in [0.2, 0.25) is 0 Å². The molecular weight excluding hydrogens is 335 g/mol. The van der Waals surface area contributed by atoms with Gasteiger partial charge in [0.05, 0.1) is 25.2 Å². The van der Waals surface area contributed by atoms with Crippen molar-refractivity contribution in [3.05, 3.63) is 35.9 Å². The van der Waals surface area contributed by atoms with E-state index in [2.05, 4.69) is 0 Å². The fraction of sp³-hybridized carbons (Fsp3) is 0.600. The van der Waals surface area contributed by atoms with Gasteiger partial charge in [-0.1, -0.05) is 30.3 Å². The number of hydrogen-bond acceptors (Lipinski definition) is 3. The van der Waals surface area contributed by atoms with E-state index in [0.717, 1.165) is 18.4 Å². The van der Waals surface area contributed by atoms with Crippen molar-refractivity contribution in [2.75, 3.05) is 39.4 Å². The summed E-state index contributed by atoms with van der Waals surface area (Å²) in [4.78, 5) is 29.0. The molecule has 1 aromatic carbocycles. The van der Waals surface area contributed by atoms with Gasteiger partial charge in [-0.25, -0.2) is 4.39 Å². The number of alkyl halides is 1. The maximum atomic E-state index is 15.5. The largest absolute Gasteiger partial charge is 0.378 e. The summed E-state index contributed by atoms with van der Waals surface area (Å²) in [5.41, 5.74) is -1.49. The molecule has 1 saturated carbocycles. The standard InChI is InChI=1S/C20H25FN2O3/c21-20(18(25)22-11-13-26-14-12-22)7-4-10-23(15-20)17(24)19(8-9-19)16-5-2-1-3-6-16/h1-3,5-6H,4,7-15H2. The molecule has 1 aliphatic carbocycles. The average Bonchev–Trinajstić information content (AvgIpc) is 3.50. The Morgan fingerprint density at radius 2 is 1.62 bits per heavy atom. The highest BCUT2D eigenvalue weighted by Gasteiger charge is 2.55. The van der Waals surface area contributed by atoms with Crippen LogP contribution in [-0.2, 0) is 19.7 Å². The number of likely N-dealkylation sites (tertiary alicyclic amines) is 1. The summed E-state index contributed by atoms with van der Waals surface area (Å²) in [5.74, 6) is -0.511. The molecule has 2 saturated heterocycles. The Morgan fingerprint density at radius 3 is 2.27 bits per heavy atom. The summed E-state index contributed by atoms with van der Waals surface area (Å²) in [6, 6.07) is 9.73. The lowest BCUT2D eigenvalue weighted by molar-refractivity contribution is -0.155. The Bertz CT molecular complexity index is 686. The summed E-state index contributed by atoms with van der Waals surface area (Å²) >= 11 is 0. The number of carbonyl (C=O) groups is 2. The van der Waals surface area contributed by atoms with E-state index in [9.17, 15) is 9.59 Å². The first-order chi connectivity index (χ1) is 12.6. The number of carbonyl (C=O) groups excluding carboxylic acids is 2.